The van der Waals surface area contributed by atoms with Crippen molar-refractivity contribution in [2.45, 2.75) is 38.3 Å². The first kappa shape index (κ1) is 17.8. The summed E-state index contributed by atoms with van der Waals surface area (Å²) in [5, 5.41) is 4.04. The topological polar surface area (TPSA) is 124 Å². The van der Waals surface area contributed by atoms with Crippen LogP contribution >= 0.6 is 0 Å². The van der Waals surface area contributed by atoms with Gasteiger partial charge >= 0.3 is 5.97 Å². The Morgan fingerprint density at radius 1 is 1.30 bits per heavy atom. The van der Waals surface area contributed by atoms with E-state index in [4.69, 9.17) is 4.74 Å². The van der Waals surface area contributed by atoms with Crippen molar-refractivity contribution < 1.29 is 22.7 Å². The number of hydrogen-bond acceptors (Lipinski definition) is 8. The Morgan fingerprint density at radius 2 is 2.07 bits per heavy atom. The molecule has 4 rings (SSSR count). The Labute approximate surface area is 155 Å². The highest BCUT2D eigenvalue weighted by molar-refractivity contribution is 7.91. The Bertz CT molecular complexity index is 1010. The Morgan fingerprint density at radius 3 is 2.70 bits per heavy atom. The molecule has 0 aromatic carbocycles. The van der Waals surface area contributed by atoms with Crippen LogP contribution in [-0.2, 0) is 19.4 Å². The quantitative estimate of drug-likeness (QED) is 0.638. The van der Waals surface area contributed by atoms with Gasteiger partial charge in [-0.1, -0.05) is 0 Å². The van der Waals surface area contributed by atoms with Gasteiger partial charge in [-0.25, -0.2) is 22.7 Å². The standard InChI is InChI=1S/C16H19N5O5S/c1-10-4-6-17-16-18-14(19-21(10)16)15(23)26-8-13(22)20(11-2-3-11)12-5-7-27(24,25)9-12/h4,6,11-12H,2-3,5,7-9H2,1H3/t12-/m1/s1. The van der Waals surface area contributed by atoms with Gasteiger partial charge in [-0.05, 0) is 32.3 Å². The van der Waals surface area contributed by atoms with E-state index in [0.717, 1.165) is 18.5 Å². The molecule has 1 amide bonds. The lowest BCUT2D eigenvalue weighted by Gasteiger charge is -2.28. The molecule has 2 fully saturated rings. The number of sulfone groups is 1. The SMILES string of the molecule is Cc1ccnc2nc(C(=O)OCC(=O)N(C3CC3)[C@@H]3CCS(=O)(=O)C3)nn12. The van der Waals surface area contributed by atoms with Gasteiger partial charge in [0, 0.05) is 24.0 Å². The number of hydrogen-bond donors (Lipinski definition) is 0. The zero-order valence-corrected chi connectivity index (χ0v) is 15.6. The third-order valence-corrected chi connectivity index (χ3v) is 6.52. The molecule has 0 spiro atoms. The molecule has 1 saturated heterocycles. The third-order valence-electron chi connectivity index (χ3n) is 4.77. The van der Waals surface area contributed by atoms with Crippen molar-refractivity contribution >= 4 is 27.5 Å². The monoisotopic (exact) mass is 393 g/mol. The molecule has 27 heavy (non-hydrogen) atoms. The fourth-order valence-corrected chi connectivity index (χ4v) is 5.02. The predicted molar refractivity (Wildman–Crippen MR) is 92.7 cm³/mol. The molecule has 2 aliphatic rings. The van der Waals surface area contributed by atoms with Crippen LogP contribution < -0.4 is 0 Å². The molecule has 11 heteroatoms. The van der Waals surface area contributed by atoms with Crippen molar-refractivity contribution in [3.63, 3.8) is 0 Å². The van der Waals surface area contributed by atoms with Crippen molar-refractivity contribution in [2.24, 2.45) is 0 Å². The number of amides is 1. The zero-order chi connectivity index (χ0) is 19.2. The second-order valence-electron chi connectivity index (χ2n) is 6.90. The highest BCUT2D eigenvalue weighted by Gasteiger charge is 2.42. The molecule has 0 N–H and O–H groups in total. The van der Waals surface area contributed by atoms with Crippen LogP contribution in [0.1, 0.15) is 35.6 Å². The fourth-order valence-electron chi connectivity index (χ4n) is 3.31. The molecule has 3 heterocycles. The van der Waals surface area contributed by atoms with E-state index in [9.17, 15) is 18.0 Å². The summed E-state index contributed by atoms with van der Waals surface area (Å²) < 4.78 is 30.0. The van der Waals surface area contributed by atoms with Crippen molar-refractivity contribution in [3.8, 4) is 0 Å². The van der Waals surface area contributed by atoms with Gasteiger partial charge in [0.1, 0.15) is 0 Å². The molecule has 0 bridgehead atoms. The number of aryl methyl sites for hydroxylation is 1. The van der Waals surface area contributed by atoms with Crippen molar-refractivity contribution in [2.75, 3.05) is 18.1 Å². The molecular formula is C16H19N5O5S. The minimum absolute atomic E-state index is 0.0257. The van der Waals surface area contributed by atoms with Crippen molar-refractivity contribution in [1.82, 2.24) is 24.5 Å². The van der Waals surface area contributed by atoms with Gasteiger partial charge in [0.2, 0.25) is 0 Å². The minimum Gasteiger partial charge on any atom is -0.450 e. The number of fused-ring (bicyclic) bond motifs is 1. The van der Waals surface area contributed by atoms with Crippen molar-refractivity contribution in [1.29, 1.82) is 0 Å². The first-order valence-electron chi connectivity index (χ1n) is 8.71. The Kier molecular flexibility index (Phi) is 4.33. The summed E-state index contributed by atoms with van der Waals surface area (Å²) in [6.45, 7) is 1.33. The van der Waals surface area contributed by atoms with Gasteiger partial charge in [0.05, 0.1) is 11.5 Å². The number of carbonyl (C=O) groups excluding carboxylic acids is 2. The van der Waals surface area contributed by atoms with Crippen LogP contribution in [-0.4, -0.2) is 75.0 Å². The minimum atomic E-state index is -3.10. The van der Waals surface area contributed by atoms with E-state index >= 15 is 0 Å². The predicted octanol–water partition coefficient (Wildman–Crippen LogP) is -0.232. The number of nitrogens with zero attached hydrogens (tertiary/aromatic N) is 5. The lowest BCUT2D eigenvalue weighted by atomic mass is 10.2. The molecule has 0 unspecified atom stereocenters. The molecule has 1 atom stereocenters. The second kappa shape index (κ2) is 6.55. The number of esters is 1. The maximum Gasteiger partial charge on any atom is 0.378 e. The van der Waals surface area contributed by atoms with Gasteiger partial charge < -0.3 is 9.64 Å². The van der Waals surface area contributed by atoms with E-state index in [1.165, 1.54) is 4.52 Å². The highest BCUT2D eigenvalue weighted by Crippen LogP contribution is 2.32. The maximum absolute atomic E-state index is 12.6. The Hall–Kier alpha value is -2.56. The maximum atomic E-state index is 12.6. The van der Waals surface area contributed by atoms with Crippen LogP contribution in [0.25, 0.3) is 5.78 Å². The van der Waals surface area contributed by atoms with E-state index < -0.39 is 22.4 Å². The van der Waals surface area contributed by atoms with Gasteiger partial charge in [0.25, 0.3) is 17.5 Å². The summed E-state index contributed by atoms with van der Waals surface area (Å²) in [6.07, 6.45) is 3.67. The van der Waals surface area contributed by atoms with E-state index in [0.29, 0.717) is 6.42 Å². The van der Waals surface area contributed by atoms with Crippen LogP contribution in [0.3, 0.4) is 0 Å². The van der Waals surface area contributed by atoms with Crippen molar-refractivity contribution in [3.05, 3.63) is 23.8 Å². The first-order chi connectivity index (χ1) is 12.8. The summed E-state index contributed by atoms with van der Waals surface area (Å²) in [5.74, 6) is -1.04. The molecule has 1 saturated carbocycles. The lowest BCUT2D eigenvalue weighted by molar-refractivity contribution is -0.137. The van der Waals surface area contributed by atoms with Gasteiger partial charge in [-0.3, -0.25) is 4.79 Å². The highest BCUT2D eigenvalue weighted by atomic mass is 32.2. The van der Waals surface area contributed by atoms with Crippen LogP contribution in [0.15, 0.2) is 12.3 Å². The first-order valence-corrected chi connectivity index (χ1v) is 10.5. The summed E-state index contributed by atoms with van der Waals surface area (Å²) in [5.41, 5.74) is 0.755. The second-order valence-corrected chi connectivity index (χ2v) is 9.13. The third kappa shape index (κ3) is 3.64. The molecule has 0 radical (unpaired) electrons. The molecule has 1 aliphatic heterocycles. The molecule has 144 valence electrons. The van der Waals surface area contributed by atoms with Gasteiger partial charge in [0.15, 0.2) is 16.4 Å². The van der Waals surface area contributed by atoms with Crippen LogP contribution in [0.4, 0.5) is 0 Å². The fraction of sp³-hybridized carbons (Fsp3) is 0.562. The Balaban J connectivity index is 1.42. The average Bonchev–Trinajstić information content (AvgIpc) is 3.23. The molecule has 10 nitrogen and oxygen atoms in total. The molecule has 2 aromatic heterocycles. The zero-order valence-electron chi connectivity index (χ0n) is 14.7. The van der Waals surface area contributed by atoms with E-state index in [2.05, 4.69) is 15.1 Å². The number of ether oxygens (including phenoxy) is 1. The van der Waals surface area contributed by atoms with Crippen LogP contribution in [0.2, 0.25) is 0 Å². The number of aromatic nitrogens is 4. The van der Waals surface area contributed by atoms with E-state index in [-0.39, 0.29) is 41.1 Å². The van der Waals surface area contributed by atoms with Gasteiger partial charge in [-0.15, -0.1) is 5.10 Å². The lowest BCUT2D eigenvalue weighted by Crippen LogP contribution is -2.44. The van der Waals surface area contributed by atoms with E-state index in [1.807, 2.05) is 0 Å². The molecule has 2 aromatic rings. The number of rotatable bonds is 5. The summed E-state index contributed by atoms with van der Waals surface area (Å²) in [4.78, 5) is 34.4. The van der Waals surface area contributed by atoms with Crippen LogP contribution in [0.5, 0.6) is 0 Å². The van der Waals surface area contributed by atoms with Crippen LogP contribution in [0, 0.1) is 6.92 Å². The molecule has 1 aliphatic carbocycles. The normalized spacial score (nSPS) is 21.3. The summed E-state index contributed by atoms with van der Waals surface area (Å²) >= 11 is 0. The van der Waals surface area contributed by atoms with Gasteiger partial charge in [-0.2, -0.15) is 4.98 Å². The summed E-state index contributed by atoms with van der Waals surface area (Å²) in [6, 6.07) is 1.42. The molecular weight excluding hydrogens is 374 g/mol. The smallest absolute Gasteiger partial charge is 0.378 e. The largest absolute Gasteiger partial charge is 0.450 e. The number of carbonyl (C=O) groups is 2. The average molecular weight is 393 g/mol. The van der Waals surface area contributed by atoms with E-state index in [1.54, 1.807) is 24.1 Å². The summed E-state index contributed by atoms with van der Waals surface area (Å²) in [7, 11) is -3.10.